The summed E-state index contributed by atoms with van der Waals surface area (Å²) in [5, 5.41) is 8.95. The molecule has 2 aromatic heterocycles. The van der Waals surface area contributed by atoms with Crippen molar-refractivity contribution in [2.75, 3.05) is 6.54 Å². The second-order valence-corrected chi connectivity index (χ2v) is 8.74. The summed E-state index contributed by atoms with van der Waals surface area (Å²) in [6.45, 7) is 4.39. The molecule has 2 atom stereocenters. The molecule has 2 unspecified atom stereocenters. The number of hydrogen-bond acceptors (Lipinski definition) is 5. The molecule has 0 bridgehead atoms. The van der Waals surface area contributed by atoms with Crippen molar-refractivity contribution in [1.82, 2.24) is 15.4 Å². The number of nitrogens with zero attached hydrogens (tertiary/aromatic N) is 2. The smallest absolute Gasteiger partial charge is 0.293 e. The maximum Gasteiger partial charge on any atom is 0.293 e. The van der Waals surface area contributed by atoms with Crippen LogP contribution in [0.5, 0.6) is 0 Å². The minimum absolute atomic E-state index is 0.0581. The van der Waals surface area contributed by atoms with E-state index in [4.69, 9.17) is 4.52 Å². The van der Waals surface area contributed by atoms with Gasteiger partial charge in [0.15, 0.2) is 0 Å². The number of carbonyl (C=O) groups is 2. The van der Waals surface area contributed by atoms with Gasteiger partial charge in [0.2, 0.25) is 11.7 Å². The van der Waals surface area contributed by atoms with Crippen molar-refractivity contribution >= 4 is 23.2 Å². The number of hydrogen-bond donors (Lipinski definition) is 1. The molecular weight excluding hydrogens is 405 g/mol. The van der Waals surface area contributed by atoms with Gasteiger partial charge in [-0.25, -0.2) is 4.39 Å². The van der Waals surface area contributed by atoms with Gasteiger partial charge in [-0.2, -0.15) is 0 Å². The van der Waals surface area contributed by atoms with Gasteiger partial charge >= 0.3 is 0 Å². The molecule has 0 aliphatic carbocycles. The Morgan fingerprint density at radius 1 is 1.33 bits per heavy atom. The van der Waals surface area contributed by atoms with E-state index in [1.165, 1.54) is 29.5 Å². The van der Waals surface area contributed by atoms with Crippen LogP contribution < -0.4 is 5.32 Å². The molecule has 6 nitrogen and oxygen atoms in total. The minimum atomic E-state index is -0.576. The van der Waals surface area contributed by atoms with Crippen LogP contribution in [0.1, 0.15) is 41.7 Å². The van der Waals surface area contributed by atoms with Gasteiger partial charge in [0, 0.05) is 23.1 Å². The number of aromatic nitrogens is 1. The van der Waals surface area contributed by atoms with E-state index in [0.717, 1.165) is 4.88 Å². The lowest BCUT2D eigenvalue weighted by Crippen LogP contribution is -2.58. The third kappa shape index (κ3) is 4.14. The second kappa shape index (κ2) is 8.39. The predicted octanol–water partition coefficient (Wildman–Crippen LogP) is 4.27. The molecule has 4 rings (SSSR count). The van der Waals surface area contributed by atoms with Crippen molar-refractivity contribution < 1.29 is 18.5 Å². The maximum absolute atomic E-state index is 13.3. The first-order valence-electron chi connectivity index (χ1n) is 9.79. The zero-order valence-electron chi connectivity index (χ0n) is 16.7. The fourth-order valence-corrected chi connectivity index (χ4v) is 4.38. The van der Waals surface area contributed by atoms with Crippen LogP contribution in [0, 0.1) is 11.7 Å². The topological polar surface area (TPSA) is 75.4 Å². The lowest BCUT2D eigenvalue weighted by atomic mass is 9.97. The summed E-state index contributed by atoms with van der Waals surface area (Å²) in [5.74, 6) is -0.603. The zero-order valence-corrected chi connectivity index (χ0v) is 17.5. The fraction of sp³-hybridized carbons (Fsp3) is 0.318. The van der Waals surface area contributed by atoms with Crippen LogP contribution >= 0.6 is 11.3 Å². The third-order valence-electron chi connectivity index (χ3n) is 5.08. The summed E-state index contributed by atoms with van der Waals surface area (Å²) in [4.78, 5) is 28.7. The lowest BCUT2D eigenvalue weighted by molar-refractivity contribution is -0.130. The van der Waals surface area contributed by atoms with Crippen molar-refractivity contribution in [2.45, 2.75) is 32.4 Å². The highest BCUT2D eigenvalue weighted by Gasteiger charge is 2.39. The molecule has 0 saturated carbocycles. The Bertz CT molecular complexity index is 1030. The number of piperazine rings is 1. The summed E-state index contributed by atoms with van der Waals surface area (Å²) < 4.78 is 18.5. The fourth-order valence-electron chi connectivity index (χ4n) is 3.61. The van der Waals surface area contributed by atoms with Crippen LogP contribution in [-0.2, 0) is 4.79 Å². The molecular formula is C22H22FN3O3S. The summed E-state index contributed by atoms with van der Waals surface area (Å²) in [7, 11) is 0. The molecule has 156 valence electrons. The van der Waals surface area contributed by atoms with Gasteiger partial charge in [-0.05, 0) is 48.1 Å². The van der Waals surface area contributed by atoms with Gasteiger partial charge in [-0.3, -0.25) is 9.59 Å². The molecule has 0 spiro atoms. The SMILES string of the molecule is CC(C)CC1C(=O)NC(c2cccs2)CN1C(=O)c1cc(-c2ccc(F)cc2)no1. The number of carbonyl (C=O) groups excluding carboxylic acids is 2. The van der Waals surface area contributed by atoms with Gasteiger partial charge in [0.25, 0.3) is 5.91 Å². The molecule has 1 N–H and O–H groups in total. The van der Waals surface area contributed by atoms with Crippen molar-refractivity contribution in [3.63, 3.8) is 0 Å². The average molecular weight is 428 g/mol. The van der Waals surface area contributed by atoms with Gasteiger partial charge in [0.05, 0.1) is 6.04 Å². The highest BCUT2D eigenvalue weighted by Crippen LogP contribution is 2.29. The number of nitrogens with one attached hydrogen (secondary N) is 1. The Labute approximate surface area is 177 Å². The third-order valence-corrected chi connectivity index (χ3v) is 6.06. The Morgan fingerprint density at radius 2 is 2.10 bits per heavy atom. The molecule has 8 heteroatoms. The van der Waals surface area contributed by atoms with Gasteiger partial charge in [0.1, 0.15) is 17.6 Å². The average Bonchev–Trinajstić information content (AvgIpc) is 3.41. The molecule has 2 amide bonds. The largest absolute Gasteiger partial charge is 0.350 e. The standard InChI is InChI=1S/C22H22FN3O3S/c1-13(2)10-18-21(27)24-17(20-4-3-9-30-20)12-26(18)22(28)19-11-16(25-29-19)14-5-7-15(23)8-6-14/h3-9,11,13,17-18H,10,12H2,1-2H3,(H,24,27). The molecule has 1 aromatic carbocycles. The highest BCUT2D eigenvalue weighted by atomic mass is 32.1. The van der Waals surface area contributed by atoms with E-state index in [1.54, 1.807) is 17.0 Å². The van der Waals surface area contributed by atoms with E-state index in [2.05, 4.69) is 10.5 Å². The van der Waals surface area contributed by atoms with Crippen LogP contribution in [0.4, 0.5) is 4.39 Å². The molecule has 1 aliphatic heterocycles. The van der Waals surface area contributed by atoms with Crippen LogP contribution in [0.3, 0.4) is 0 Å². The quantitative estimate of drug-likeness (QED) is 0.660. The van der Waals surface area contributed by atoms with Crippen LogP contribution in [0.15, 0.2) is 52.4 Å². The lowest BCUT2D eigenvalue weighted by Gasteiger charge is -2.39. The van der Waals surface area contributed by atoms with Crippen LogP contribution in [0.25, 0.3) is 11.3 Å². The van der Waals surface area contributed by atoms with E-state index in [9.17, 15) is 14.0 Å². The molecule has 3 heterocycles. The van der Waals surface area contributed by atoms with Gasteiger partial charge < -0.3 is 14.7 Å². The molecule has 1 saturated heterocycles. The van der Waals surface area contributed by atoms with Crippen molar-refractivity contribution in [1.29, 1.82) is 0 Å². The Kier molecular flexibility index (Phi) is 5.67. The van der Waals surface area contributed by atoms with Crippen molar-refractivity contribution in [2.24, 2.45) is 5.92 Å². The number of rotatable bonds is 5. The first-order valence-corrected chi connectivity index (χ1v) is 10.7. The molecule has 1 fully saturated rings. The summed E-state index contributed by atoms with van der Waals surface area (Å²) in [6, 6.07) is 10.4. The van der Waals surface area contributed by atoms with E-state index >= 15 is 0 Å². The minimum Gasteiger partial charge on any atom is -0.350 e. The van der Waals surface area contributed by atoms with E-state index in [-0.39, 0.29) is 35.4 Å². The summed E-state index contributed by atoms with van der Waals surface area (Å²) in [6.07, 6.45) is 0.549. The zero-order chi connectivity index (χ0) is 21.3. The first kappa shape index (κ1) is 20.3. The molecule has 0 radical (unpaired) electrons. The van der Waals surface area contributed by atoms with E-state index in [0.29, 0.717) is 24.2 Å². The van der Waals surface area contributed by atoms with Gasteiger partial charge in [-0.15, -0.1) is 11.3 Å². The second-order valence-electron chi connectivity index (χ2n) is 7.76. The molecule has 30 heavy (non-hydrogen) atoms. The van der Waals surface area contributed by atoms with Crippen molar-refractivity contribution in [3.8, 4) is 11.3 Å². The first-order chi connectivity index (χ1) is 14.4. The summed E-state index contributed by atoms with van der Waals surface area (Å²) in [5.41, 5.74) is 1.08. The molecule has 3 aromatic rings. The number of thiophene rings is 1. The number of benzene rings is 1. The Balaban J connectivity index is 1.61. The monoisotopic (exact) mass is 427 g/mol. The molecule has 1 aliphatic rings. The maximum atomic E-state index is 13.3. The van der Waals surface area contributed by atoms with Crippen LogP contribution in [-0.4, -0.2) is 34.5 Å². The Hall–Kier alpha value is -3.00. The summed E-state index contributed by atoms with van der Waals surface area (Å²) >= 11 is 1.54. The predicted molar refractivity (Wildman–Crippen MR) is 111 cm³/mol. The number of halogens is 1. The normalized spacial score (nSPS) is 19.2. The van der Waals surface area contributed by atoms with E-state index < -0.39 is 6.04 Å². The Morgan fingerprint density at radius 3 is 2.77 bits per heavy atom. The van der Waals surface area contributed by atoms with E-state index in [1.807, 2.05) is 31.4 Å². The number of amides is 2. The highest BCUT2D eigenvalue weighted by molar-refractivity contribution is 7.10. The van der Waals surface area contributed by atoms with Crippen LogP contribution in [0.2, 0.25) is 0 Å². The van der Waals surface area contributed by atoms with Crippen molar-refractivity contribution in [3.05, 3.63) is 64.3 Å². The van der Waals surface area contributed by atoms with Gasteiger partial charge in [-0.1, -0.05) is 25.1 Å².